The van der Waals surface area contributed by atoms with Crippen molar-refractivity contribution in [2.24, 2.45) is 0 Å². The molecule has 0 radical (unpaired) electrons. The van der Waals surface area contributed by atoms with Gasteiger partial charge in [-0.2, -0.15) is 0 Å². The first-order chi connectivity index (χ1) is 9.85. The predicted octanol–water partition coefficient (Wildman–Crippen LogP) is 2.99. The molecule has 0 fully saturated rings. The molecule has 1 heterocycles. The molecule has 6 heteroatoms. The van der Waals surface area contributed by atoms with Gasteiger partial charge < -0.3 is 5.73 Å². The SMILES string of the molecule is CCc1ccsc1CNS(=O)(=O)c1c(C)cc(N)cc1C. The summed E-state index contributed by atoms with van der Waals surface area (Å²) < 4.78 is 27.8. The Balaban J connectivity index is 2.27. The highest BCUT2D eigenvalue weighted by Gasteiger charge is 2.20. The lowest BCUT2D eigenvalue weighted by atomic mass is 10.1. The maximum Gasteiger partial charge on any atom is 0.241 e. The molecule has 0 atom stereocenters. The molecule has 0 aliphatic rings. The van der Waals surface area contributed by atoms with Crippen LogP contribution in [0.1, 0.15) is 28.5 Å². The molecule has 0 saturated heterocycles. The van der Waals surface area contributed by atoms with Gasteiger partial charge in [-0.1, -0.05) is 6.92 Å². The van der Waals surface area contributed by atoms with Crippen molar-refractivity contribution in [2.45, 2.75) is 38.6 Å². The number of hydrogen-bond acceptors (Lipinski definition) is 4. The maximum atomic E-state index is 12.5. The summed E-state index contributed by atoms with van der Waals surface area (Å²) in [7, 11) is -3.54. The molecule has 2 rings (SSSR count). The van der Waals surface area contributed by atoms with E-state index in [4.69, 9.17) is 5.73 Å². The fourth-order valence-corrected chi connectivity index (χ4v) is 4.93. The van der Waals surface area contributed by atoms with Gasteiger partial charge in [0.25, 0.3) is 0 Å². The Labute approximate surface area is 130 Å². The molecule has 0 aliphatic carbocycles. The highest BCUT2D eigenvalue weighted by atomic mass is 32.2. The van der Waals surface area contributed by atoms with Crippen molar-refractivity contribution in [3.63, 3.8) is 0 Å². The quantitative estimate of drug-likeness (QED) is 0.831. The van der Waals surface area contributed by atoms with Crippen LogP contribution in [0.15, 0.2) is 28.5 Å². The molecule has 1 aromatic heterocycles. The molecule has 4 nitrogen and oxygen atoms in total. The van der Waals surface area contributed by atoms with Gasteiger partial charge in [0.15, 0.2) is 0 Å². The maximum absolute atomic E-state index is 12.5. The van der Waals surface area contributed by atoms with Crippen LogP contribution in [0.2, 0.25) is 0 Å². The van der Waals surface area contributed by atoms with Crippen LogP contribution in [0.4, 0.5) is 5.69 Å². The van der Waals surface area contributed by atoms with E-state index in [0.29, 0.717) is 28.3 Å². The van der Waals surface area contributed by atoms with E-state index in [1.807, 2.05) is 11.4 Å². The third-order valence-electron chi connectivity index (χ3n) is 3.39. The van der Waals surface area contributed by atoms with Gasteiger partial charge in [0, 0.05) is 17.1 Å². The Morgan fingerprint density at radius 3 is 2.43 bits per heavy atom. The van der Waals surface area contributed by atoms with Crippen molar-refractivity contribution in [3.05, 3.63) is 45.1 Å². The third-order valence-corrected chi connectivity index (χ3v) is 6.06. The Morgan fingerprint density at radius 1 is 1.24 bits per heavy atom. The topological polar surface area (TPSA) is 72.2 Å². The summed E-state index contributed by atoms with van der Waals surface area (Å²) in [6.07, 6.45) is 0.903. The first-order valence-electron chi connectivity index (χ1n) is 6.76. The number of aryl methyl sites for hydroxylation is 3. The lowest BCUT2D eigenvalue weighted by Gasteiger charge is -2.13. The van der Waals surface area contributed by atoms with Gasteiger partial charge in [0.2, 0.25) is 10.0 Å². The van der Waals surface area contributed by atoms with E-state index < -0.39 is 10.0 Å². The first-order valence-corrected chi connectivity index (χ1v) is 9.13. The van der Waals surface area contributed by atoms with Gasteiger partial charge in [-0.25, -0.2) is 13.1 Å². The number of sulfonamides is 1. The Hall–Kier alpha value is -1.37. The number of rotatable bonds is 5. The zero-order valence-electron chi connectivity index (χ0n) is 12.4. The van der Waals surface area contributed by atoms with Gasteiger partial charge in [-0.3, -0.25) is 0 Å². The molecule has 21 heavy (non-hydrogen) atoms. The normalized spacial score (nSPS) is 11.8. The van der Waals surface area contributed by atoms with E-state index in [2.05, 4.69) is 11.6 Å². The lowest BCUT2D eigenvalue weighted by molar-refractivity contribution is 0.580. The summed E-state index contributed by atoms with van der Waals surface area (Å²) in [4.78, 5) is 1.39. The minimum atomic E-state index is -3.54. The van der Waals surface area contributed by atoms with Crippen molar-refractivity contribution in [3.8, 4) is 0 Å². The molecular weight excluding hydrogens is 304 g/mol. The van der Waals surface area contributed by atoms with Gasteiger partial charge in [-0.05, 0) is 60.5 Å². The number of nitrogens with two attached hydrogens (primary N) is 1. The van der Waals surface area contributed by atoms with Crippen molar-refractivity contribution >= 4 is 27.0 Å². The van der Waals surface area contributed by atoms with Crippen LogP contribution in [0.25, 0.3) is 0 Å². The third kappa shape index (κ3) is 3.45. The average Bonchev–Trinajstić information content (AvgIpc) is 2.82. The second-order valence-corrected chi connectivity index (χ2v) is 7.74. The van der Waals surface area contributed by atoms with Crippen LogP contribution in [-0.4, -0.2) is 8.42 Å². The van der Waals surface area contributed by atoms with Crippen LogP contribution in [0, 0.1) is 13.8 Å². The highest BCUT2D eigenvalue weighted by Crippen LogP contribution is 2.24. The van der Waals surface area contributed by atoms with Crippen LogP contribution in [0.3, 0.4) is 0 Å². The van der Waals surface area contributed by atoms with Gasteiger partial charge in [0.05, 0.1) is 4.90 Å². The molecule has 0 saturated carbocycles. The fraction of sp³-hybridized carbons (Fsp3) is 0.333. The van der Waals surface area contributed by atoms with Crippen molar-refractivity contribution < 1.29 is 8.42 Å². The number of nitrogens with one attached hydrogen (secondary N) is 1. The zero-order chi connectivity index (χ0) is 15.6. The number of nitrogen functional groups attached to an aromatic ring is 1. The minimum absolute atomic E-state index is 0.325. The van der Waals surface area contributed by atoms with E-state index in [-0.39, 0.29) is 0 Å². The number of hydrogen-bond donors (Lipinski definition) is 2. The van der Waals surface area contributed by atoms with Crippen LogP contribution >= 0.6 is 11.3 Å². The van der Waals surface area contributed by atoms with Crippen LogP contribution in [-0.2, 0) is 23.0 Å². The average molecular weight is 324 g/mol. The molecule has 114 valence electrons. The zero-order valence-corrected chi connectivity index (χ0v) is 14.1. The van der Waals surface area contributed by atoms with E-state index in [0.717, 1.165) is 11.3 Å². The Kier molecular flexibility index (Phi) is 4.70. The van der Waals surface area contributed by atoms with E-state index in [9.17, 15) is 8.42 Å². The molecular formula is C15H20N2O2S2. The molecule has 0 aliphatic heterocycles. The number of anilines is 1. The molecule has 0 unspecified atom stereocenters. The summed E-state index contributed by atoms with van der Waals surface area (Å²) in [5.74, 6) is 0. The summed E-state index contributed by atoms with van der Waals surface area (Å²) in [5.41, 5.74) is 8.85. The summed E-state index contributed by atoms with van der Waals surface area (Å²) >= 11 is 1.57. The summed E-state index contributed by atoms with van der Waals surface area (Å²) in [6, 6.07) is 5.41. The molecule has 0 bridgehead atoms. The Bertz CT molecular complexity index is 726. The van der Waals surface area contributed by atoms with Crippen molar-refractivity contribution in [1.29, 1.82) is 0 Å². The standard InChI is InChI=1S/C15H20N2O2S2/c1-4-12-5-6-20-14(12)9-17-21(18,19)15-10(2)7-13(16)8-11(15)3/h5-8,17H,4,9,16H2,1-3H3. The molecule has 1 aromatic carbocycles. The first kappa shape index (κ1) is 16.0. The molecule has 3 N–H and O–H groups in total. The number of benzene rings is 1. The van der Waals surface area contributed by atoms with Crippen LogP contribution < -0.4 is 10.5 Å². The van der Waals surface area contributed by atoms with Crippen molar-refractivity contribution in [1.82, 2.24) is 4.72 Å². The van der Waals surface area contributed by atoms with Gasteiger partial charge >= 0.3 is 0 Å². The van der Waals surface area contributed by atoms with Gasteiger partial charge in [-0.15, -0.1) is 11.3 Å². The van der Waals surface area contributed by atoms with E-state index >= 15 is 0 Å². The molecule has 0 spiro atoms. The molecule has 2 aromatic rings. The second-order valence-electron chi connectivity index (χ2n) is 5.03. The van der Waals surface area contributed by atoms with Crippen LogP contribution in [0.5, 0.6) is 0 Å². The fourth-order valence-electron chi connectivity index (χ4n) is 2.48. The highest BCUT2D eigenvalue weighted by molar-refractivity contribution is 7.89. The second kappa shape index (κ2) is 6.17. The van der Waals surface area contributed by atoms with Gasteiger partial charge in [0.1, 0.15) is 0 Å². The summed E-state index contributed by atoms with van der Waals surface area (Å²) in [5, 5.41) is 1.99. The van der Waals surface area contributed by atoms with E-state index in [1.54, 1.807) is 37.3 Å². The minimum Gasteiger partial charge on any atom is -0.399 e. The lowest BCUT2D eigenvalue weighted by Crippen LogP contribution is -2.25. The largest absolute Gasteiger partial charge is 0.399 e. The molecule has 0 amide bonds. The number of thiophene rings is 1. The van der Waals surface area contributed by atoms with E-state index in [1.165, 1.54) is 5.56 Å². The predicted molar refractivity (Wildman–Crippen MR) is 88.1 cm³/mol. The Morgan fingerprint density at radius 2 is 1.86 bits per heavy atom. The van der Waals surface area contributed by atoms with Crippen molar-refractivity contribution in [2.75, 3.05) is 5.73 Å². The summed E-state index contributed by atoms with van der Waals surface area (Å²) in [6.45, 7) is 5.92. The monoisotopic (exact) mass is 324 g/mol. The smallest absolute Gasteiger partial charge is 0.241 e.